The van der Waals surface area contributed by atoms with Crippen molar-refractivity contribution in [3.05, 3.63) is 35.1 Å². The Hall–Kier alpha value is -1.49. The summed E-state index contributed by atoms with van der Waals surface area (Å²) in [7, 11) is 0. The zero-order valence-electron chi connectivity index (χ0n) is 9.12. The van der Waals surface area contributed by atoms with Crippen LogP contribution in [0, 0.1) is 5.82 Å². The summed E-state index contributed by atoms with van der Waals surface area (Å²) in [4.78, 5) is 11.0. The molecule has 1 aliphatic carbocycles. The van der Waals surface area contributed by atoms with Crippen LogP contribution in [0.15, 0.2) is 18.2 Å². The maximum atomic E-state index is 13.1. The van der Waals surface area contributed by atoms with Gasteiger partial charge >= 0.3 is 0 Å². The minimum atomic E-state index is -1.09. The molecule has 2 N–H and O–H groups in total. The van der Waals surface area contributed by atoms with Crippen molar-refractivity contribution in [2.24, 2.45) is 0 Å². The van der Waals surface area contributed by atoms with Gasteiger partial charge in [-0.2, -0.15) is 0 Å². The van der Waals surface area contributed by atoms with Crippen LogP contribution in [0.5, 0.6) is 0 Å². The summed E-state index contributed by atoms with van der Waals surface area (Å²) in [5.41, 5.74) is 1.13. The highest BCUT2D eigenvalue weighted by atomic mass is 19.1. The van der Waals surface area contributed by atoms with Gasteiger partial charge in [-0.25, -0.2) is 8.78 Å². The van der Waals surface area contributed by atoms with Crippen molar-refractivity contribution in [1.29, 1.82) is 0 Å². The number of aliphatic hydroxyl groups is 1. The molecule has 92 valence electrons. The zero-order valence-corrected chi connectivity index (χ0v) is 9.12. The molecule has 1 aliphatic rings. The lowest BCUT2D eigenvalue weighted by molar-refractivity contribution is -0.122. The van der Waals surface area contributed by atoms with E-state index in [2.05, 4.69) is 5.32 Å². The van der Waals surface area contributed by atoms with E-state index >= 15 is 0 Å². The van der Waals surface area contributed by atoms with Crippen molar-refractivity contribution >= 4 is 5.91 Å². The summed E-state index contributed by atoms with van der Waals surface area (Å²) >= 11 is 0. The summed E-state index contributed by atoms with van der Waals surface area (Å²) in [5, 5.41) is 12.2. The van der Waals surface area contributed by atoms with Gasteiger partial charge in [0.05, 0.1) is 12.1 Å². The molecule has 0 aromatic heterocycles. The van der Waals surface area contributed by atoms with E-state index in [1.165, 1.54) is 18.2 Å². The van der Waals surface area contributed by atoms with Crippen molar-refractivity contribution in [1.82, 2.24) is 5.32 Å². The van der Waals surface area contributed by atoms with Gasteiger partial charge in [0, 0.05) is 0 Å². The average Bonchev–Trinajstić information content (AvgIpc) is 2.32. The SMILES string of the molecule is O=C(CF)N[C@@H]1CC[C@@H](O)c2ccc(F)cc21. The second-order valence-electron chi connectivity index (χ2n) is 4.12. The Labute approximate surface area is 97.5 Å². The third kappa shape index (κ3) is 2.44. The van der Waals surface area contributed by atoms with Crippen molar-refractivity contribution in [3.8, 4) is 0 Å². The van der Waals surface area contributed by atoms with E-state index in [4.69, 9.17) is 0 Å². The molecule has 1 aromatic rings. The van der Waals surface area contributed by atoms with Crippen LogP contribution in [0.2, 0.25) is 0 Å². The Morgan fingerprint density at radius 1 is 1.41 bits per heavy atom. The van der Waals surface area contributed by atoms with E-state index in [1.807, 2.05) is 0 Å². The predicted octanol–water partition coefficient (Wildman–Crippen LogP) is 1.78. The normalized spacial score (nSPS) is 23.0. The number of fused-ring (bicyclic) bond motifs is 1. The van der Waals surface area contributed by atoms with Crippen LogP contribution >= 0.6 is 0 Å². The Morgan fingerprint density at radius 2 is 2.18 bits per heavy atom. The summed E-state index contributed by atoms with van der Waals surface area (Å²) in [6.45, 7) is -1.09. The quantitative estimate of drug-likeness (QED) is 0.829. The lowest BCUT2D eigenvalue weighted by Crippen LogP contribution is -2.32. The Balaban J connectivity index is 2.30. The fourth-order valence-corrected chi connectivity index (χ4v) is 2.17. The fraction of sp³-hybridized carbons (Fsp3) is 0.417. The van der Waals surface area contributed by atoms with E-state index in [0.29, 0.717) is 24.0 Å². The van der Waals surface area contributed by atoms with Gasteiger partial charge in [0.2, 0.25) is 0 Å². The highest BCUT2D eigenvalue weighted by Gasteiger charge is 2.27. The first kappa shape index (κ1) is 12.0. The number of amides is 1. The fourth-order valence-electron chi connectivity index (χ4n) is 2.17. The first-order valence-corrected chi connectivity index (χ1v) is 5.44. The van der Waals surface area contributed by atoms with E-state index in [0.717, 1.165) is 0 Å². The number of aliphatic hydroxyl groups excluding tert-OH is 1. The maximum Gasteiger partial charge on any atom is 0.251 e. The number of carbonyl (C=O) groups excluding carboxylic acids is 1. The molecule has 0 bridgehead atoms. The number of carbonyl (C=O) groups is 1. The van der Waals surface area contributed by atoms with Gasteiger partial charge in [-0.1, -0.05) is 6.07 Å². The molecule has 0 aliphatic heterocycles. The number of alkyl halides is 1. The molecular formula is C12H13F2NO2. The Morgan fingerprint density at radius 3 is 2.88 bits per heavy atom. The lowest BCUT2D eigenvalue weighted by atomic mass is 9.85. The van der Waals surface area contributed by atoms with Gasteiger partial charge in [0.25, 0.3) is 5.91 Å². The van der Waals surface area contributed by atoms with E-state index in [-0.39, 0.29) is 0 Å². The zero-order chi connectivity index (χ0) is 12.4. The molecule has 0 heterocycles. The molecule has 3 nitrogen and oxygen atoms in total. The third-order valence-electron chi connectivity index (χ3n) is 2.97. The first-order valence-electron chi connectivity index (χ1n) is 5.44. The van der Waals surface area contributed by atoms with E-state index < -0.39 is 30.5 Å². The van der Waals surface area contributed by atoms with Crippen LogP contribution < -0.4 is 5.32 Å². The van der Waals surface area contributed by atoms with Crippen LogP contribution in [0.1, 0.15) is 36.1 Å². The van der Waals surface area contributed by atoms with Gasteiger partial charge in [-0.15, -0.1) is 0 Å². The predicted molar refractivity (Wildman–Crippen MR) is 57.5 cm³/mol. The molecular weight excluding hydrogens is 228 g/mol. The largest absolute Gasteiger partial charge is 0.388 e. The number of halogens is 2. The van der Waals surface area contributed by atoms with Crippen LogP contribution in [-0.4, -0.2) is 17.7 Å². The Kier molecular flexibility index (Phi) is 3.38. The third-order valence-corrected chi connectivity index (χ3v) is 2.97. The van der Waals surface area contributed by atoms with E-state index in [1.54, 1.807) is 0 Å². The van der Waals surface area contributed by atoms with Crippen LogP contribution in [-0.2, 0) is 4.79 Å². The molecule has 0 radical (unpaired) electrons. The molecule has 0 saturated carbocycles. The molecule has 5 heteroatoms. The number of hydrogen-bond acceptors (Lipinski definition) is 2. The standard InChI is InChI=1S/C12H13F2NO2/c13-6-12(17)15-10-3-4-11(16)8-2-1-7(14)5-9(8)10/h1-2,5,10-11,16H,3-4,6H2,(H,15,17)/t10-,11-/m1/s1. The summed E-state index contributed by atoms with van der Waals surface area (Å²) in [5.74, 6) is -1.15. The van der Waals surface area contributed by atoms with Crippen LogP contribution in [0.3, 0.4) is 0 Å². The van der Waals surface area contributed by atoms with Crippen molar-refractivity contribution in [2.45, 2.75) is 25.0 Å². The topological polar surface area (TPSA) is 49.3 Å². The van der Waals surface area contributed by atoms with Gasteiger partial charge in [0.1, 0.15) is 5.82 Å². The van der Waals surface area contributed by atoms with Gasteiger partial charge in [0.15, 0.2) is 6.67 Å². The van der Waals surface area contributed by atoms with Gasteiger partial charge in [-0.3, -0.25) is 4.79 Å². The summed E-state index contributed by atoms with van der Waals surface area (Å²) in [6, 6.07) is 3.62. The van der Waals surface area contributed by atoms with Crippen LogP contribution in [0.25, 0.3) is 0 Å². The van der Waals surface area contributed by atoms with Crippen molar-refractivity contribution < 1.29 is 18.7 Å². The Bertz CT molecular complexity index is 437. The molecule has 2 rings (SSSR count). The number of benzene rings is 1. The van der Waals surface area contributed by atoms with Gasteiger partial charge < -0.3 is 10.4 Å². The smallest absolute Gasteiger partial charge is 0.251 e. The monoisotopic (exact) mass is 241 g/mol. The van der Waals surface area contributed by atoms with E-state index in [9.17, 15) is 18.7 Å². The first-order chi connectivity index (χ1) is 8.11. The van der Waals surface area contributed by atoms with Crippen LogP contribution in [0.4, 0.5) is 8.78 Å². The molecule has 1 aromatic carbocycles. The highest BCUT2D eigenvalue weighted by Crippen LogP contribution is 2.36. The molecule has 1 amide bonds. The maximum absolute atomic E-state index is 13.1. The molecule has 0 fully saturated rings. The molecule has 0 unspecified atom stereocenters. The van der Waals surface area contributed by atoms with Crippen molar-refractivity contribution in [3.63, 3.8) is 0 Å². The molecule has 17 heavy (non-hydrogen) atoms. The number of rotatable bonds is 2. The molecule has 2 atom stereocenters. The molecule has 0 saturated heterocycles. The summed E-state index contributed by atoms with van der Waals surface area (Å²) in [6.07, 6.45) is 0.295. The second kappa shape index (κ2) is 4.79. The van der Waals surface area contributed by atoms with Crippen molar-refractivity contribution in [2.75, 3.05) is 6.67 Å². The molecule has 0 spiro atoms. The lowest BCUT2D eigenvalue weighted by Gasteiger charge is -2.29. The summed E-state index contributed by atoms with van der Waals surface area (Å²) < 4.78 is 25.3. The highest BCUT2D eigenvalue weighted by molar-refractivity contribution is 5.77. The minimum absolute atomic E-state index is 0.424. The van der Waals surface area contributed by atoms with Gasteiger partial charge in [-0.05, 0) is 36.1 Å². The second-order valence-corrected chi connectivity index (χ2v) is 4.12. The average molecular weight is 241 g/mol. The minimum Gasteiger partial charge on any atom is -0.388 e. The number of nitrogens with one attached hydrogen (secondary N) is 1. The number of hydrogen-bond donors (Lipinski definition) is 2.